The van der Waals surface area contributed by atoms with Crippen molar-refractivity contribution in [1.29, 1.82) is 0 Å². The first-order valence-electron chi connectivity index (χ1n) is 9.57. The highest BCUT2D eigenvalue weighted by Crippen LogP contribution is 2.43. The van der Waals surface area contributed by atoms with Gasteiger partial charge in [0.2, 0.25) is 0 Å². The molecule has 0 saturated carbocycles. The molecule has 0 saturated heterocycles. The van der Waals surface area contributed by atoms with Crippen molar-refractivity contribution in [1.82, 2.24) is 0 Å². The number of carboxylic acids is 1. The van der Waals surface area contributed by atoms with Gasteiger partial charge in [0.1, 0.15) is 5.60 Å². The normalized spacial score (nSPS) is 15.6. The molecule has 0 radical (unpaired) electrons. The van der Waals surface area contributed by atoms with Gasteiger partial charge in [0, 0.05) is 11.5 Å². The third-order valence-corrected chi connectivity index (χ3v) is 5.12. The SMILES string of the molecule is CCC(Cc1ccccc1)[C@@](C)(C(=O)O)[C@H](CCN=[N+]=[N-])C(=O)OC(C)(C)C. The number of benzene rings is 1. The lowest BCUT2D eigenvalue weighted by Gasteiger charge is -2.40. The van der Waals surface area contributed by atoms with E-state index in [0.29, 0.717) is 12.8 Å². The van der Waals surface area contributed by atoms with Crippen LogP contribution < -0.4 is 0 Å². The van der Waals surface area contributed by atoms with Gasteiger partial charge in [0.05, 0.1) is 11.3 Å². The lowest BCUT2D eigenvalue weighted by atomic mass is 9.64. The minimum absolute atomic E-state index is 0.0328. The van der Waals surface area contributed by atoms with Crippen LogP contribution in [-0.2, 0) is 20.7 Å². The van der Waals surface area contributed by atoms with E-state index < -0.39 is 28.9 Å². The summed E-state index contributed by atoms with van der Waals surface area (Å²) >= 11 is 0. The number of carbonyl (C=O) groups excluding carboxylic acids is 1. The summed E-state index contributed by atoms with van der Waals surface area (Å²) in [5.74, 6) is -2.84. The number of ether oxygens (including phenoxy) is 1. The van der Waals surface area contributed by atoms with Crippen molar-refractivity contribution in [2.24, 2.45) is 22.4 Å². The average molecular weight is 389 g/mol. The standard InChI is InChI=1S/C21H31N3O4/c1-6-16(14-15-10-8-7-9-11-15)21(5,19(26)27)17(12-13-23-24-22)18(25)28-20(2,3)4/h7-11,16-17H,6,12-14H2,1-5H3,(H,26,27)/t16?,17-,21-/m1/s1. The highest BCUT2D eigenvalue weighted by molar-refractivity contribution is 5.84. The number of hydrogen-bond acceptors (Lipinski definition) is 4. The quantitative estimate of drug-likeness (QED) is 0.262. The van der Waals surface area contributed by atoms with Crippen LogP contribution in [-0.4, -0.2) is 29.2 Å². The van der Waals surface area contributed by atoms with Crippen molar-refractivity contribution < 1.29 is 19.4 Å². The molecule has 7 heteroatoms. The van der Waals surface area contributed by atoms with Gasteiger partial charge in [0.15, 0.2) is 0 Å². The maximum absolute atomic E-state index is 13.0. The number of rotatable bonds is 10. The van der Waals surface area contributed by atoms with Crippen LogP contribution in [0.1, 0.15) is 53.0 Å². The van der Waals surface area contributed by atoms with E-state index in [-0.39, 0.29) is 18.9 Å². The fourth-order valence-electron chi connectivity index (χ4n) is 3.55. The second-order valence-corrected chi connectivity index (χ2v) is 8.21. The maximum atomic E-state index is 13.0. The smallest absolute Gasteiger partial charge is 0.310 e. The first kappa shape index (κ1) is 23.5. The molecule has 0 aromatic heterocycles. The Morgan fingerprint density at radius 3 is 2.29 bits per heavy atom. The number of carboxylic acid groups (broad SMARTS) is 1. The lowest BCUT2D eigenvalue weighted by Crippen LogP contribution is -2.48. The van der Waals surface area contributed by atoms with Crippen molar-refractivity contribution in [2.75, 3.05) is 6.54 Å². The third kappa shape index (κ3) is 6.27. The zero-order valence-corrected chi connectivity index (χ0v) is 17.4. The maximum Gasteiger partial charge on any atom is 0.310 e. The van der Waals surface area contributed by atoms with Crippen molar-refractivity contribution in [3.63, 3.8) is 0 Å². The van der Waals surface area contributed by atoms with E-state index in [4.69, 9.17) is 10.3 Å². The molecule has 1 aromatic rings. The minimum Gasteiger partial charge on any atom is -0.481 e. The number of esters is 1. The Kier molecular flexibility index (Phi) is 8.51. The van der Waals surface area contributed by atoms with Gasteiger partial charge in [-0.2, -0.15) is 0 Å². The fraction of sp³-hybridized carbons (Fsp3) is 0.619. The van der Waals surface area contributed by atoms with Crippen LogP contribution in [0.5, 0.6) is 0 Å². The molecule has 0 bridgehead atoms. The van der Waals surface area contributed by atoms with E-state index in [1.807, 2.05) is 37.3 Å². The molecule has 0 fully saturated rings. The molecular weight excluding hydrogens is 358 g/mol. The summed E-state index contributed by atoms with van der Waals surface area (Å²) in [4.78, 5) is 28.1. The summed E-state index contributed by atoms with van der Waals surface area (Å²) in [6, 6.07) is 9.63. The Bertz CT molecular complexity index is 708. The highest BCUT2D eigenvalue weighted by atomic mass is 16.6. The predicted octanol–water partition coefficient (Wildman–Crippen LogP) is 5.00. The van der Waals surface area contributed by atoms with Crippen molar-refractivity contribution >= 4 is 11.9 Å². The largest absolute Gasteiger partial charge is 0.481 e. The Balaban J connectivity index is 3.33. The third-order valence-electron chi connectivity index (χ3n) is 5.12. The van der Waals surface area contributed by atoms with E-state index in [1.165, 1.54) is 0 Å². The average Bonchev–Trinajstić information content (AvgIpc) is 2.62. The molecule has 0 aliphatic rings. The van der Waals surface area contributed by atoms with Crippen LogP contribution >= 0.6 is 0 Å². The Morgan fingerprint density at radius 1 is 1.21 bits per heavy atom. The molecule has 0 amide bonds. The summed E-state index contributed by atoms with van der Waals surface area (Å²) in [6.07, 6.45) is 1.23. The summed E-state index contributed by atoms with van der Waals surface area (Å²) < 4.78 is 5.53. The highest BCUT2D eigenvalue weighted by Gasteiger charge is 2.51. The minimum atomic E-state index is -1.36. The molecule has 154 valence electrons. The molecule has 1 aromatic carbocycles. The summed E-state index contributed by atoms with van der Waals surface area (Å²) in [5.41, 5.74) is 7.50. The fourth-order valence-corrected chi connectivity index (χ4v) is 3.55. The van der Waals surface area contributed by atoms with Crippen LogP contribution in [0.25, 0.3) is 10.4 Å². The molecule has 3 atom stereocenters. The first-order chi connectivity index (χ1) is 13.1. The van der Waals surface area contributed by atoms with Crippen LogP contribution in [0.4, 0.5) is 0 Å². The number of carbonyl (C=O) groups is 2. The Hall–Kier alpha value is -2.53. The number of aliphatic carboxylic acids is 1. The zero-order valence-electron chi connectivity index (χ0n) is 17.4. The molecule has 1 unspecified atom stereocenters. The van der Waals surface area contributed by atoms with Gasteiger partial charge in [0.25, 0.3) is 0 Å². The Labute approximate surface area is 166 Å². The van der Waals surface area contributed by atoms with E-state index in [0.717, 1.165) is 5.56 Å². The van der Waals surface area contributed by atoms with E-state index in [9.17, 15) is 14.7 Å². The van der Waals surface area contributed by atoms with Crippen molar-refractivity contribution in [3.05, 3.63) is 46.3 Å². The van der Waals surface area contributed by atoms with Crippen LogP contribution in [0.2, 0.25) is 0 Å². The van der Waals surface area contributed by atoms with Crippen LogP contribution in [0.3, 0.4) is 0 Å². The van der Waals surface area contributed by atoms with E-state index in [1.54, 1.807) is 27.7 Å². The van der Waals surface area contributed by atoms with Crippen LogP contribution in [0.15, 0.2) is 35.4 Å². The molecule has 1 rings (SSSR count). The molecule has 1 N–H and O–H groups in total. The van der Waals surface area contributed by atoms with Gasteiger partial charge < -0.3 is 9.84 Å². The van der Waals surface area contributed by atoms with Gasteiger partial charge in [-0.1, -0.05) is 48.8 Å². The molecule has 0 spiro atoms. The van der Waals surface area contributed by atoms with Gasteiger partial charge >= 0.3 is 11.9 Å². The summed E-state index contributed by atoms with van der Waals surface area (Å²) in [5, 5.41) is 13.7. The predicted molar refractivity (Wildman–Crippen MR) is 108 cm³/mol. The van der Waals surface area contributed by atoms with E-state index in [2.05, 4.69) is 10.0 Å². The topological polar surface area (TPSA) is 112 Å². The monoisotopic (exact) mass is 389 g/mol. The summed E-state index contributed by atoms with van der Waals surface area (Å²) in [7, 11) is 0. The molecule has 0 aliphatic heterocycles. The van der Waals surface area contributed by atoms with Crippen LogP contribution in [0, 0.1) is 17.3 Å². The number of nitrogens with zero attached hydrogens (tertiary/aromatic N) is 3. The zero-order chi connectivity index (χ0) is 21.4. The van der Waals surface area contributed by atoms with Gasteiger partial charge in [-0.05, 0) is 57.5 Å². The second kappa shape index (κ2) is 10.1. The van der Waals surface area contributed by atoms with Crippen molar-refractivity contribution in [3.8, 4) is 0 Å². The van der Waals surface area contributed by atoms with Crippen molar-refractivity contribution in [2.45, 2.75) is 59.5 Å². The van der Waals surface area contributed by atoms with Gasteiger partial charge in [-0.3, -0.25) is 9.59 Å². The summed E-state index contributed by atoms with van der Waals surface area (Å²) in [6.45, 7) is 8.80. The molecule has 0 heterocycles. The molecule has 0 aliphatic carbocycles. The second-order valence-electron chi connectivity index (χ2n) is 8.21. The molecular formula is C21H31N3O4. The molecule has 7 nitrogen and oxygen atoms in total. The van der Waals surface area contributed by atoms with Gasteiger partial charge in [-0.15, -0.1) is 0 Å². The lowest BCUT2D eigenvalue weighted by molar-refractivity contribution is -0.176. The number of azide groups is 1. The van der Waals surface area contributed by atoms with E-state index >= 15 is 0 Å². The van der Waals surface area contributed by atoms with Gasteiger partial charge in [-0.25, -0.2) is 0 Å². The number of hydrogen-bond donors (Lipinski definition) is 1. The molecule has 28 heavy (non-hydrogen) atoms. The Morgan fingerprint density at radius 2 is 1.82 bits per heavy atom. The first-order valence-corrected chi connectivity index (χ1v) is 9.57.